The average molecular weight is 332 g/mol. The van der Waals surface area contributed by atoms with Crippen molar-refractivity contribution in [3.63, 3.8) is 0 Å². The van der Waals surface area contributed by atoms with Gasteiger partial charge < -0.3 is 10.1 Å². The van der Waals surface area contributed by atoms with E-state index in [2.05, 4.69) is 24.1 Å². The Kier molecular flexibility index (Phi) is 5.85. The van der Waals surface area contributed by atoms with Crippen LogP contribution in [0.25, 0.3) is 0 Å². The van der Waals surface area contributed by atoms with E-state index in [-0.39, 0.29) is 23.5 Å². The number of carbonyl (C=O) groups excluding carboxylic acids is 1. The minimum atomic E-state index is -3.08. The fourth-order valence-corrected chi connectivity index (χ4v) is 5.60. The summed E-state index contributed by atoms with van der Waals surface area (Å²) in [7, 11) is -1.44. The third-order valence-electron chi connectivity index (χ3n) is 4.71. The molecule has 0 bridgehead atoms. The number of hydrogen-bond donors (Lipinski definition) is 1. The normalized spacial score (nSPS) is 31.2. The van der Waals surface area contributed by atoms with Crippen LogP contribution < -0.4 is 5.32 Å². The van der Waals surface area contributed by atoms with Gasteiger partial charge in [-0.1, -0.05) is 13.8 Å². The summed E-state index contributed by atoms with van der Waals surface area (Å²) in [4.78, 5) is 14.5. The fraction of sp³-hybridized carbons (Fsp3) is 0.933. The first-order chi connectivity index (χ1) is 10.3. The van der Waals surface area contributed by atoms with E-state index in [1.165, 1.54) is 0 Å². The molecule has 2 heterocycles. The lowest BCUT2D eigenvalue weighted by atomic mass is 9.87. The maximum absolute atomic E-state index is 12.4. The zero-order valence-electron chi connectivity index (χ0n) is 13.7. The van der Waals surface area contributed by atoms with Crippen molar-refractivity contribution in [1.82, 2.24) is 10.2 Å². The summed E-state index contributed by atoms with van der Waals surface area (Å²) >= 11 is 0. The standard InChI is InChI=1S/C15H28N2O4S/c1-11(2)8-16-15(18)12-4-7-22(19,20)14-10-17(5-6-21-3)9-13(12)14/h11-14H,4-10H2,1-3H3,(H,16,18)/t12-,13+,14+/m1/s1. The summed E-state index contributed by atoms with van der Waals surface area (Å²) in [5.74, 6) is 0.287. The van der Waals surface area contributed by atoms with Gasteiger partial charge in [-0.05, 0) is 12.3 Å². The Balaban J connectivity index is 2.06. The zero-order valence-corrected chi connectivity index (χ0v) is 14.6. The van der Waals surface area contributed by atoms with Gasteiger partial charge in [0.25, 0.3) is 0 Å². The van der Waals surface area contributed by atoms with E-state index in [4.69, 9.17) is 4.74 Å². The first-order valence-corrected chi connectivity index (χ1v) is 9.77. The number of likely N-dealkylation sites (tertiary alicyclic amines) is 1. The van der Waals surface area contributed by atoms with E-state index in [0.717, 1.165) is 6.54 Å². The van der Waals surface area contributed by atoms with Crippen LogP contribution in [-0.4, -0.2) is 70.1 Å². The molecular formula is C15H28N2O4S. The molecule has 0 aromatic heterocycles. The van der Waals surface area contributed by atoms with Gasteiger partial charge in [0.15, 0.2) is 9.84 Å². The largest absolute Gasteiger partial charge is 0.383 e. The molecule has 0 spiro atoms. The number of methoxy groups -OCH3 is 1. The number of ether oxygens (including phenoxy) is 1. The van der Waals surface area contributed by atoms with Crippen molar-refractivity contribution in [2.75, 3.05) is 45.6 Å². The van der Waals surface area contributed by atoms with Gasteiger partial charge in [-0.25, -0.2) is 8.42 Å². The van der Waals surface area contributed by atoms with Gasteiger partial charge in [0.1, 0.15) is 0 Å². The monoisotopic (exact) mass is 332 g/mol. The van der Waals surface area contributed by atoms with Gasteiger partial charge >= 0.3 is 0 Å². The Labute approximate surface area is 133 Å². The van der Waals surface area contributed by atoms with Crippen molar-refractivity contribution in [2.45, 2.75) is 25.5 Å². The van der Waals surface area contributed by atoms with Gasteiger partial charge in [-0.15, -0.1) is 0 Å². The minimum Gasteiger partial charge on any atom is -0.383 e. The SMILES string of the molecule is COCCN1C[C@H]2[C@H](C(=O)NCC(C)C)CCS(=O)(=O)[C@H]2C1. The topological polar surface area (TPSA) is 75.7 Å². The van der Waals surface area contributed by atoms with E-state index in [1.54, 1.807) is 7.11 Å². The molecule has 1 N–H and O–H groups in total. The molecule has 7 heteroatoms. The molecule has 6 nitrogen and oxygen atoms in total. The van der Waals surface area contributed by atoms with E-state index in [9.17, 15) is 13.2 Å². The Hall–Kier alpha value is -0.660. The lowest BCUT2D eigenvalue weighted by Crippen LogP contribution is -2.47. The third-order valence-corrected chi connectivity index (χ3v) is 6.94. The van der Waals surface area contributed by atoms with Crippen LogP contribution in [0.2, 0.25) is 0 Å². The molecular weight excluding hydrogens is 304 g/mol. The second kappa shape index (κ2) is 7.27. The summed E-state index contributed by atoms with van der Waals surface area (Å²) in [6.07, 6.45) is 0.450. The maximum atomic E-state index is 12.4. The Morgan fingerprint density at radius 3 is 2.73 bits per heavy atom. The lowest BCUT2D eigenvalue weighted by molar-refractivity contribution is -0.126. The van der Waals surface area contributed by atoms with Crippen molar-refractivity contribution in [2.24, 2.45) is 17.8 Å². The summed E-state index contributed by atoms with van der Waals surface area (Å²) in [5, 5.41) is 2.58. The number of fused-ring (bicyclic) bond motifs is 1. The van der Waals surface area contributed by atoms with Crippen LogP contribution >= 0.6 is 0 Å². The maximum Gasteiger partial charge on any atom is 0.223 e. The number of amides is 1. The smallest absolute Gasteiger partial charge is 0.223 e. The summed E-state index contributed by atoms with van der Waals surface area (Å²) in [6, 6.07) is 0. The molecule has 128 valence electrons. The molecule has 2 rings (SSSR count). The predicted octanol–water partition coefficient (Wildman–Crippen LogP) is 0.140. The van der Waals surface area contributed by atoms with Crippen LogP contribution in [0.4, 0.5) is 0 Å². The Morgan fingerprint density at radius 1 is 1.36 bits per heavy atom. The highest BCUT2D eigenvalue weighted by molar-refractivity contribution is 7.92. The van der Waals surface area contributed by atoms with Gasteiger partial charge in [0.05, 0.1) is 17.6 Å². The van der Waals surface area contributed by atoms with Gasteiger partial charge in [-0.2, -0.15) is 0 Å². The number of carbonyl (C=O) groups is 1. The van der Waals surface area contributed by atoms with Gasteiger partial charge in [-0.3, -0.25) is 9.69 Å². The highest BCUT2D eigenvalue weighted by Gasteiger charge is 2.50. The first kappa shape index (κ1) is 17.7. The zero-order chi connectivity index (χ0) is 16.3. The highest BCUT2D eigenvalue weighted by atomic mass is 32.2. The van der Waals surface area contributed by atoms with Crippen LogP contribution in [0.1, 0.15) is 20.3 Å². The van der Waals surface area contributed by atoms with Crippen molar-refractivity contribution in [3.05, 3.63) is 0 Å². The molecule has 1 amide bonds. The summed E-state index contributed by atoms with van der Waals surface area (Å²) in [5.41, 5.74) is 0. The predicted molar refractivity (Wildman–Crippen MR) is 85.3 cm³/mol. The molecule has 0 aromatic rings. The molecule has 0 aliphatic carbocycles. The molecule has 0 saturated carbocycles. The van der Waals surface area contributed by atoms with Crippen LogP contribution in [0, 0.1) is 17.8 Å². The number of nitrogens with one attached hydrogen (secondary N) is 1. The fourth-order valence-electron chi connectivity index (χ4n) is 3.47. The molecule has 22 heavy (non-hydrogen) atoms. The molecule has 0 radical (unpaired) electrons. The molecule has 3 atom stereocenters. The van der Waals surface area contributed by atoms with Gasteiger partial charge in [0.2, 0.25) is 5.91 Å². The molecule has 2 fully saturated rings. The number of nitrogens with zero attached hydrogens (tertiary/aromatic N) is 1. The van der Waals surface area contributed by atoms with E-state index in [1.807, 2.05) is 0 Å². The third kappa shape index (κ3) is 4.00. The second-order valence-electron chi connectivity index (χ2n) is 6.86. The first-order valence-electron chi connectivity index (χ1n) is 8.05. The van der Waals surface area contributed by atoms with Crippen LogP contribution in [-0.2, 0) is 19.4 Å². The van der Waals surface area contributed by atoms with E-state index >= 15 is 0 Å². The van der Waals surface area contributed by atoms with E-state index < -0.39 is 15.1 Å². The van der Waals surface area contributed by atoms with E-state index in [0.29, 0.717) is 38.6 Å². The Morgan fingerprint density at radius 2 is 2.09 bits per heavy atom. The number of rotatable bonds is 6. The molecule has 2 aliphatic rings. The lowest BCUT2D eigenvalue weighted by Gasteiger charge is -2.32. The van der Waals surface area contributed by atoms with Crippen LogP contribution in [0.15, 0.2) is 0 Å². The Bertz CT molecular complexity index is 492. The molecule has 2 aliphatic heterocycles. The second-order valence-corrected chi connectivity index (χ2v) is 9.20. The van der Waals surface area contributed by atoms with Crippen molar-refractivity contribution in [3.8, 4) is 0 Å². The minimum absolute atomic E-state index is 0.0205. The number of hydrogen-bond acceptors (Lipinski definition) is 5. The van der Waals surface area contributed by atoms with Crippen molar-refractivity contribution < 1.29 is 17.9 Å². The van der Waals surface area contributed by atoms with Gasteiger partial charge in [0, 0.05) is 45.1 Å². The average Bonchev–Trinajstić information content (AvgIpc) is 2.88. The molecule has 0 aromatic carbocycles. The van der Waals surface area contributed by atoms with Crippen molar-refractivity contribution >= 4 is 15.7 Å². The molecule has 2 saturated heterocycles. The van der Waals surface area contributed by atoms with Crippen LogP contribution in [0.3, 0.4) is 0 Å². The summed E-state index contributed by atoms with van der Waals surface area (Å²) < 4.78 is 29.7. The highest BCUT2D eigenvalue weighted by Crippen LogP contribution is 2.36. The molecule has 0 unspecified atom stereocenters. The van der Waals surface area contributed by atoms with Crippen LogP contribution in [0.5, 0.6) is 0 Å². The number of sulfone groups is 1. The summed E-state index contributed by atoms with van der Waals surface area (Å²) in [6.45, 7) is 7.26. The quantitative estimate of drug-likeness (QED) is 0.749. The van der Waals surface area contributed by atoms with Crippen molar-refractivity contribution in [1.29, 1.82) is 0 Å².